The fourth-order valence-electron chi connectivity index (χ4n) is 4.43. The van der Waals surface area contributed by atoms with Crippen LogP contribution in [0.3, 0.4) is 0 Å². The van der Waals surface area contributed by atoms with Crippen molar-refractivity contribution in [3.63, 3.8) is 0 Å². The Labute approximate surface area is 154 Å². The number of aryl methyl sites for hydroxylation is 1. The van der Waals surface area contributed by atoms with Crippen molar-refractivity contribution >= 4 is 11.7 Å². The maximum atomic E-state index is 12.6. The van der Waals surface area contributed by atoms with E-state index in [9.17, 15) is 4.79 Å². The summed E-state index contributed by atoms with van der Waals surface area (Å²) in [7, 11) is 1.78. The van der Waals surface area contributed by atoms with E-state index in [1.807, 2.05) is 46.1 Å². The first-order valence-electron chi connectivity index (χ1n) is 9.28. The molecular formula is C20H26N4O2. The summed E-state index contributed by atoms with van der Waals surface area (Å²) >= 11 is 0. The molecule has 1 N–H and O–H groups in total. The number of urea groups is 1. The minimum absolute atomic E-state index is 0.00829. The average Bonchev–Trinajstić information content (AvgIpc) is 3.27. The average molecular weight is 354 g/mol. The lowest BCUT2D eigenvalue weighted by molar-refractivity contribution is -0.00487. The van der Waals surface area contributed by atoms with Crippen molar-refractivity contribution in [2.24, 2.45) is 11.8 Å². The lowest BCUT2D eigenvalue weighted by Gasteiger charge is -2.37. The van der Waals surface area contributed by atoms with E-state index in [4.69, 9.17) is 4.74 Å². The maximum absolute atomic E-state index is 12.6. The van der Waals surface area contributed by atoms with Crippen LogP contribution in [-0.4, -0.2) is 47.0 Å². The van der Waals surface area contributed by atoms with Crippen LogP contribution in [0.5, 0.6) is 0 Å². The van der Waals surface area contributed by atoms with E-state index in [0.717, 1.165) is 37.2 Å². The second-order valence-corrected chi connectivity index (χ2v) is 7.53. The molecule has 0 bridgehead atoms. The van der Waals surface area contributed by atoms with Gasteiger partial charge in [0.05, 0.1) is 18.3 Å². The Balaban J connectivity index is 1.44. The number of rotatable bonds is 3. The van der Waals surface area contributed by atoms with Gasteiger partial charge >= 0.3 is 6.03 Å². The normalized spacial score (nSPS) is 28.0. The standard InChI is InChI=1S/C20H26N4O2/c1-14-10-21-24(11-14)18-8-15-12-23(13-16(15)9-19(18)26-2)20(25)22-17-6-4-3-5-7-17/h3-7,10-11,15-16,18-19H,8-9,12-13H2,1-2H3,(H,22,25)/t15-,16+,18-,19-/m0/s1. The molecule has 26 heavy (non-hydrogen) atoms. The zero-order valence-corrected chi connectivity index (χ0v) is 15.3. The zero-order chi connectivity index (χ0) is 18.1. The van der Waals surface area contributed by atoms with Gasteiger partial charge in [0.15, 0.2) is 0 Å². The van der Waals surface area contributed by atoms with Crippen LogP contribution in [-0.2, 0) is 4.74 Å². The number of aromatic nitrogens is 2. The van der Waals surface area contributed by atoms with E-state index in [2.05, 4.69) is 23.5 Å². The van der Waals surface area contributed by atoms with Gasteiger partial charge in [-0.3, -0.25) is 4.68 Å². The Hall–Kier alpha value is -2.34. The van der Waals surface area contributed by atoms with E-state index in [-0.39, 0.29) is 18.2 Å². The van der Waals surface area contributed by atoms with Crippen molar-refractivity contribution in [3.05, 3.63) is 48.3 Å². The van der Waals surface area contributed by atoms with Crippen LogP contribution >= 0.6 is 0 Å². The predicted molar refractivity (Wildman–Crippen MR) is 100 cm³/mol. The molecule has 1 aliphatic heterocycles. The summed E-state index contributed by atoms with van der Waals surface area (Å²) in [6, 6.07) is 9.87. The molecule has 138 valence electrons. The van der Waals surface area contributed by atoms with Crippen LogP contribution in [0.25, 0.3) is 0 Å². The molecule has 2 aliphatic rings. The first kappa shape index (κ1) is 17.1. The van der Waals surface area contributed by atoms with Crippen LogP contribution in [0, 0.1) is 18.8 Å². The van der Waals surface area contributed by atoms with Crippen LogP contribution in [0.1, 0.15) is 24.4 Å². The van der Waals surface area contributed by atoms with E-state index in [1.165, 1.54) is 0 Å². The minimum Gasteiger partial charge on any atom is -0.379 e. The summed E-state index contributed by atoms with van der Waals surface area (Å²) in [4.78, 5) is 14.6. The number of hydrogen-bond acceptors (Lipinski definition) is 3. The largest absolute Gasteiger partial charge is 0.379 e. The van der Waals surface area contributed by atoms with Crippen LogP contribution in [0.4, 0.5) is 10.5 Å². The quantitative estimate of drug-likeness (QED) is 0.920. The lowest BCUT2D eigenvalue weighted by Crippen LogP contribution is -2.37. The number of nitrogens with one attached hydrogen (secondary N) is 1. The van der Waals surface area contributed by atoms with Crippen molar-refractivity contribution in [2.75, 3.05) is 25.5 Å². The van der Waals surface area contributed by atoms with E-state index >= 15 is 0 Å². The number of amides is 2. The molecule has 0 unspecified atom stereocenters. The van der Waals surface area contributed by atoms with Gasteiger partial charge in [0.1, 0.15) is 0 Å². The second kappa shape index (κ2) is 7.11. The van der Waals surface area contributed by atoms with Crippen molar-refractivity contribution in [1.82, 2.24) is 14.7 Å². The molecule has 1 saturated carbocycles. The van der Waals surface area contributed by atoms with Gasteiger partial charge in [0, 0.05) is 32.1 Å². The number of methoxy groups -OCH3 is 1. The molecule has 2 fully saturated rings. The third kappa shape index (κ3) is 3.33. The number of ether oxygens (including phenoxy) is 1. The molecule has 1 aromatic heterocycles. The number of anilines is 1. The number of likely N-dealkylation sites (tertiary alicyclic amines) is 1. The number of nitrogens with zero attached hydrogens (tertiary/aromatic N) is 3. The number of carbonyl (C=O) groups is 1. The summed E-state index contributed by atoms with van der Waals surface area (Å²) < 4.78 is 7.84. The Kier molecular flexibility index (Phi) is 4.68. The third-order valence-electron chi connectivity index (χ3n) is 5.77. The molecule has 6 heteroatoms. The van der Waals surface area contributed by atoms with Crippen molar-refractivity contribution < 1.29 is 9.53 Å². The number of fused-ring (bicyclic) bond motifs is 1. The predicted octanol–water partition coefficient (Wildman–Crippen LogP) is 3.32. The van der Waals surface area contributed by atoms with Gasteiger partial charge in [-0.25, -0.2) is 4.79 Å². The van der Waals surface area contributed by atoms with Crippen LogP contribution in [0.15, 0.2) is 42.7 Å². The first-order chi connectivity index (χ1) is 12.6. The van der Waals surface area contributed by atoms with E-state index in [0.29, 0.717) is 11.8 Å². The number of benzene rings is 1. The monoisotopic (exact) mass is 354 g/mol. The van der Waals surface area contributed by atoms with Crippen LogP contribution < -0.4 is 5.32 Å². The molecule has 1 aliphatic carbocycles. The van der Waals surface area contributed by atoms with Gasteiger partial charge < -0.3 is 15.0 Å². The Morgan fingerprint density at radius 3 is 2.58 bits per heavy atom. The van der Waals surface area contributed by atoms with Gasteiger partial charge in [0.25, 0.3) is 0 Å². The number of para-hydroxylation sites is 1. The smallest absolute Gasteiger partial charge is 0.321 e. The van der Waals surface area contributed by atoms with Crippen molar-refractivity contribution in [1.29, 1.82) is 0 Å². The van der Waals surface area contributed by atoms with Gasteiger partial charge in [-0.05, 0) is 49.3 Å². The zero-order valence-electron chi connectivity index (χ0n) is 15.3. The molecule has 4 rings (SSSR count). The topological polar surface area (TPSA) is 59.4 Å². The Morgan fingerprint density at radius 2 is 1.92 bits per heavy atom. The van der Waals surface area contributed by atoms with Crippen LogP contribution in [0.2, 0.25) is 0 Å². The van der Waals surface area contributed by atoms with Gasteiger partial charge in [-0.1, -0.05) is 18.2 Å². The maximum Gasteiger partial charge on any atom is 0.321 e. The summed E-state index contributed by atoms with van der Waals surface area (Å²) in [5, 5.41) is 7.51. The minimum atomic E-state index is -0.00829. The van der Waals surface area contributed by atoms with Crippen molar-refractivity contribution in [3.8, 4) is 0 Å². The highest BCUT2D eigenvalue weighted by atomic mass is 16.5. The van der Waals surface area contributed by atoms with Gasteiger partial charge in [0.2, 0.25) is 0 Å². The van der Waals surface area contributed by atoms with Gasteiger partial charge in [-0.15, -0.1) is 0 Å². The van der Waals surface area contributed by atoms with E-state index < -0.39 is 0 Å². The fraction of sp³-hybridized carbons (Fsp3) is 0.500. The molecule has 0 radical (unpaired) electrons. The summed E-state index contributed by atoms with van der Waals surface area (Å²) in [5.74, 6) is 0.992. The molecule has 2 amide bonds. The fourth-order valence-corrected chi connectivity index (χ4v) is 4.43. The highest BCUT2D eigenvalue weighted by Crippen LogP contribution is 2.42. The Bertz CT molecular complexity index is 760. The highest BCUT2D eigenvalue weighted by Gasteiger charge is 2.44. The van der Waals surface area contributed by atoms with Gasteiger partial charge in [-0.2, -0.15) is 5.10 Å². The molecule has 2 heterocycles. The molecule has 6 nitrogen and oxygen atoms in total. The number of carbonyl (C=O) groups excluding carboxylic acids is 1. The molecule has 0 spiro atoms. The molecular weight excluding hydrogens is 328 g/mol. The molecule has 4 atom stereocenters. The summed E-state index contributed by atoms with van der Waals surface area (Å²) in [6.45, 7) is 3.66. The second-order valence-electron chi connectivity index (χ2n) is 7.53. The van der Waals surface area contributed by atoms with E-state index in [1.54, 1.807) is 7.11 Å². The summed E-state index contributed by atoms with van der Waals surface area (Å²) in [6.07, 6.45) is 6.10. The molecule has 2 aromatic rings. The molecule has 1 aromatic carbocycles. The first-order valence-corrected chi connectivity index (χ1v) is 9.28. The summed E-state index contributed by atoms with van der Waals surface area (Å²) in [5.41, 5.74) is 2.00. The number of hydrogen-bond donors (Lipinski definition) is 1. The molecule has 1 saturated heterocycles. The van der Waals surface area contributed by atoms with Crippen molar-refractivity contribution in [2.45, 2.75) is 31.9 Å². The SMILES string of the molecule is CO[C@H]1C[C@@H]2CN(C(=O)Nc3ccccc3)C[C@@H]2C[C@@H]1n1cc(C)cn1. The highest BCUT2D eigenvalue weighted by molar-refractivity contribution is 5.89. The third-order valence-corrected chi connectivity index (χ3v) is 5.77. The lowest BCUT2D eigenvalue weighted by atomic mass is 9.77. The Morgan fingerprint density at radius 1 is 1.19 bits per heavy atom.